The van der Waals surface area contributed by atoms with E-state index >= 15 is 0 Å². The Bertz CT molecular complexity index is 421. The lowest BCUT2D eigenvalue weighted by atomic mass is 10.1. The highest BCUT2D eigenvalue weighted by Crippen LogP contribution is 2.11. The van der Waals surface area contributed by atoms with Gasteiger partial charge in [-0.15, -0.1) is 0 Å². The van der Waals surface area contributed by atoms with Crippen molar-refractivity contribution in [2.45, 2.75) is 25.3 Å². The maximum atomic E-state index is 11.4. The molecule has 0 aromatic rings. The van der Waals surface area contributed by atoms with Crippen LogP contribution in [0.25, 0.3) is 0 Å². The second kappa shape index (κ2) is 10.9. The van der Waals surface area contributed by atoms with Crippen LogP contribution in [0.4, 0.5) is 4.79 Å². The summed E-state index contributed by atoms with van der Waals surface area (Å²) < 4.78 is 4.95. The van der Waals surface area contributed by atoms with Gasteiger partial charge in [0.1, 0.15) is 12.6 Å². The van der Waals surface area contributed by atoms with Crippen molar-refractivity contribution < 1.29 is 19.4 Å². The molecular weight excluding hydrogens is 296 g/mol. The fourth-order valence-electron chi connectivity index (χ4n) is 1.35. The molecule has 0 aliphatic carbocycles. The Morgan fingerprint density at radius 2 is 2.00 bits per heavy atom. The third kappa shape index (κ3) is 8.88. The molecule has 0 aromatic carbocycles. The Morgan fingerprint density at radius 1 is 1.33 bits per heavy atom. The van der Waals surface area contributed by atoms with Crippen molar-refractivity contribution in [2.24, 2.45) is 5.73 Å². The molecule has 0 saturated carbocycles. The van der Waals surface area contributed by atoms with Gasteiger partial charge >= 0.3 is 12.1 Å². The monoisotopic (exact) mass is 316 g/mol. The number of aliphatic carboxylic acids is 1. The highest BCUT2D eigenvalue weighted by molar-refractivity contribution is 6.31. The van der Waals surface area contributed by atoms with E-state index in [4.69, 9.17) is 27.2 Å². The van der Waals surface area contributed by atoms with Crippen LogP contribution < -0.4 is 11.1 Å². The van der Waals surface area contributed by atoms with Gasteiger partial charge in [-0.1, -0.05) is 36.9 Å². The van der Waals surface area contributed by atoms with Crippen LogP contribution in [-0.2, 0) is 9.53 Å². The van der Waals surface area contributed by atoms with Crippen LogP contribution in [0.15, 0.2) is 35.9 Å². The summed E-state index contributed by atoms with van der Waals surface area (Å²) in [6.45, 7) is 7.46. The van der Waals surface area contributed by atoms with E-state index in [9.17, 15) is 9.59 Å². The molecule has 118 valence electrons. The minimum Gasteiger partial charge on any atom is -0.480 e. The summed E-state index contributed by atoms with van der Waals surface area (Å²) in [6, 6.07) is -0.863. The van der Waals surface area contributed by atoms with Gasteiger partial charge in [-0.2, -0.15) is 0 Å². The van der Waals surface area contributed by atoms with Crippen molar-refractivity contribution in [2.75, 3.05) is 13.2 Å². The standard InChI is InChI=1S/C14H21ClN2O4/c1-3-10(11(15)4-2)9-21-14(20)17-8-6-5-7-12(16)13(18)19/h3-4,12H,1-2,5-9,16H2,(H,17,20)(H,18,19)/b11-10-. The molecule has 0 bridgehead atoms. The van der Waals surface area contributed by atoms with Crippen LogP contribution in [0.1, 0.15) is 19.3 Å². The predicted molar refractivity (Wildman–Crippen MR) is 82.1 cm³/mol. The quantitative estimate of drug-likeness (QED) is 0.423. The molecule has 7 heteroatoms. The van der Waals surface area contributed by atoms with Gasteiger partial charge in [0.15, 0.2) is 0 Å². The van der Waals surface area contributed by atoms with E-state index in [1.54, 1.807) is 0 Å². The molecule has 0 spiro atoms. The topological polar surface area (TPSA) is 102 Å². The molecule has 21 heavy (non-hydrogen) atoms. The van der Waals surface area contributed by atoms with Crippen molar-refractivity contribution in [3.8, 4) is 0 Å². The number of ether oxygens (including phenoxy) is 1. The first-order valence-electron chi connectivity index (χ1n) is 6.44. The summed E-state index contributed by atoms with van der Waals surface area (Å²) in [4.78, 5) is 21.9. The highest BCUT2D eigenvalue weighted by atomic mass is 35.5. The minimum absolute atomic E-state index is 0.00404. The van der Waals surface area contributed by atoms with Crippen LogP contribution in [0.3, 0.4) is 0 Å². The zero-order valence-corrected chi connectivity index (χ0v) is 12.6. The fraction of sp³-hybridized carbons (Fsp3) is 0.429. The summed E-state index contributed by atoms with van der Waals surface area (Å²) in [6.07, 6.45) is 3.94. The van der Waals surface area contributed by atoms with Gasteiger partial charge in [-0.3, -0.25) is 4.79 Å². The third-order valence-corrected chi connectivity index (χ3v) is 3.02. The van der Waals surface area contributed by atoms with Gasteiger partial charge in [0.25, 0.3) is 0 Å². The number of rotatable bonds is 10. The number of carboxylic acids is 1. The second-order valence-corrected chi connectivity index (χ2v) is 4.63. The van der Waals surface area contributed by atoms with Gasteiger partial charge in [-0.05, 0) is 19.3 Å². The molecular formula is C14H21ClN2O4. The lowest BCUT2D eigenvalue weighted by Gasteiger charge is -2.09. The smallest absolute Gasteiger partial charge is 0.407 e. The van der Waals surface area contributed by atoms with Gasteiger partial charge < -0.3 is 20.9 Å². The summed E-state index contributed by atoms with van der Waals surface area (Å²) in [5, 5.41) is 11.5. The Morgan fingerprint density at radius 3 is 2.52 bits per heavy atom. The summed E-state index contributed by atoms with van der Waals surface area (Å²) in [5.41, 5.74) is 5.91. The Hall–Kier alpha value is -1.79. The van der Waals surface area contributed by atoms with E-state index < -0.39 is 18.1 Å². The number of carbonyl (C=O) groups excluding carboxylic acids is 1. The molecule has 0 aliphatic heterocycles. The molecule has 1 amide bonds. The van der Waals surface area contributed by atoms with Crippen LogP contribution in [-0.4, -0.2) is 36.4 Å². The molecule has 0 rings (SSSR count). The largest absolute Gasteiger partial charge is 0.480 e. The molecule has 0 aliphatic rings. The van der Waals surface area contributed by atoms with Crippen molar-refractivity contribution in [3.05, 3.63) is 35.9 Å². The number of unbranched alkanes of at least 4 members (excludes halogenated alkanes) is 1. The van der Waals surface area contributed by atoms with Crippen LogP contribution in [0.5, 0.6) is 0 Å². The number of carboxylic acid groups (broad SMARTS) is 1. The molecule has 1 atom stereocenters. The summed E-state index contributed by atoms with van der Waals surface area (Å²) in [5.74, 6) is -1.02. The number of nitrogens with one attached hydrogen (secondary N) is 1. The van der Waals surface area contributed by atoms with E-state index in [-0.39, 0.29) is 6.61 Å². The third-order valence-electron chi connectivity index (χ3n) is 2.62. The Kier molecular flexibility index (Phi) is 10.0. The van der Waals surface area contributed by atoms with E-state index in [1.165, 1.54) is 12.2 Å². The number of amides is 1. The first-order valence-corrected chi connectivity index (χ1v) is 6.82. The number of allylic oxidation sites excluding steroid dienone is 2. The number of hydrogen-bond donors (Lipinski definition) is 3. The number of nitrogens with two attached hydrogens (primary N) is 1. The number of carbonyl (C=O) groups is 2. The van der Waals surface area contributed by atoms with Crippen molar-refractivity contribution in [1.82, 2.24) is 5.32 Å². The fourth-order valence-corrected chi connectivity index (χ4v) is 1.49. The molecule has 6 nitrogen and oxygen atoms in total. The lowest BCUT2D eigenvalue weighted by molar-refractivity contribution is -0.138. The van der Waals surface area contributed by atoms with E-state index in [1.807, 2.05) is 0 Å². The summed E-state index contributed by atoms with van der Waals surface area (Å²) in [7, 11) is 0. The minimum atomic E-state index is -1.02. The molecule has 0 aromatic heterocycles. The summed E-state index contributed by atoms with van der Waals surface area (Å²) >= 11 is 5.83. The van der Waals surface area contributed by atoms with Gasteiger partial charge in [-0.25, -0.2) is 4.79 Å². The van der Waals surface area contributed by atoms with Gasteiger partial charge in [0.2, 0.25) is 0 Å². The zero-order valence-electron chi connectivity index (χ0n) is 11.8. The number of halogens is 1. The van der Waals surface area contributed by atoms with E-state index in [0.717, 1.165) is 0 Å². The van der Waals surface area contributed by atoms with Crippen LogP contribution in [0.2, 0.25) is 0 Å². The van der Waals surface area contributed by atoms with Crippen LogP contribution in [0, 0.1) is 0 Å². The Balaban J connectivity index is 3.84. The highest BCUT2D eigenvalue weighted by Gasteiger charge is 2.10. The first kappa shape index (κ1) is 19.2. The average molecular weight is 317 g/mol. The predicted octanol–water partition coefficient (Wildman–Crippen LogP) is 2.16. The maximum Gasteiger partial charge on any atom is 0.407 e. The average Bonchev–Trinajstić information content (AvgIpc) is 2.46. The number of hydrogen-bond acceptors (Lipinski definition) is 4. The van der Waals surface area contributed by atoms with Crippen molar-refractivity contribution in [3.63, 3.8) is 0 Å². The van der Waals surface area contributed by atoms with Crippen molar-refractivity contribution >= 4 is 23.7 Å². The number of alkyl carbamates (subject to hydrolysis) is 1. The second-order valence-electron chi connectivity index (χ2n) is 4.22. The molecule has 0 saturated heterocycles. The zero-order chi connectivity index (χ0) is 16.3. The normalized spacial score (nSPS) is 12.9. The first-order chi connectivity index (χ1) is 9.92. The lowest BCUT2D eigenvalue weighted by Crippen LogP contribution is -2.30. The molecule has 0 heterocycles. The van der Waals surface area contributed by atoms with Crippen LogP contribution >= 0.6 is 11.6 Å². The molecule has 0 fully saturated rings. The van der Waals surface area contributed by atoms with Gasteiger partial charge in [0.05, 0.1) is 0 Å². The Labute approximate surface area is 129 Å². The van der Waals surface area contributed by atoms with Gasteiger partial charge in [0, 0.05) is 17.2 Å². The molecule has 4 N–H and O–H groups in total. The molecule has 0 radical (unpaired) electrons. The van der Waals surface area contributed by atoms with E-state index in [0.29, 0.717) is 36.4 Å². The molecule has 1 unspecified atom stereocenters. The van der Waals surface area contributed by atoms with Crippen molar-refractivity contribution in [1.29, 1.82) is 0 Å². The maximum absolute atomic E-state index is 11.4. The SMILES string of the molecule is C=C/C(Cl)=C(\C=C)COC(=O)NCCCCC(N)C(=O)O. The van der Waals surface area contributed by atoms with E-state index in [2.05, 4.69) is 18.5 Å².